The van der Waals surface area contributed by atoms with Gasteiger partial charge in [0.1, 0.15) is 0 Å². The molecular weight excluding hydrogens is 184 g/mol. The number of hydrogen-bond donors (Lipinski definition) is 1. The molecule has 15 heavy (non-hydrogen) atoms. The summed E-state index contributed by atoms with van der Waals surface area (Å²) >= 11 is 0. The Morgan fingerprint density at radius 1 is 1.27 bits per heavy atom. The third kappa shape index (κ3) is 1.41. The van der Waals surface area contributed by atoms with Crippen LogP contribution in [0.1, 0.15) is 32.8 Å². The Labute approximate surface area is 92.1 Å². The minimum absolute atomic E-state index is 0.197. The minimum atomic E-state index is 0.197. The van der Waals surface area contributed by atoms with Crippen LogP contribution in [0.5, 0.6) is 0 Å². The summed E-state index contributed by atoms with van der Waals surface area (Å²) in [6.45, 7) is 7.03. The van der Waals surface area contributed by atoms with Crippen LogP contribution < -0.4 is 0 Å². The first kappa shape index (κ1) is 10.7. The highest BCUT2D eigenvalue weighted by molar-refractivity contribution is 5.37. The smallest absolute Gasteiger partial charge is 0.0465 e. The quantitative estimate of drug-likeness (QED) is 0.802. The van der Waals surface area contributed by atoms with Gasteiger partial charge in [-0.3, -0.25) is 0 Å². The van der Waals surface area contributed by atoms with E-state index in [9.17, 15) is 5.11 Å². The molecule has 0 bridgehead atoms. The Balaban J connectivity index is 2.39. The molecule has 1 fully saturated rings. The summed E-state index contributed by atoms with van der Waals surface area (Å²) in [6.07, 6.45) is 1.19. The van der Waals surface area contributed by atoms with E-state index < -0.39 is 0 Å². The minimum Gasteiger partial charge on any atom is -0.396 e. The van der Waals surface area contributed by atoms with Gasteiger partial charge in [-0.25, -0.2) is 0 Å². The summed E-state index contributed by atoms with van der Waals surface area (Å²) in [7, 11) is 0. The SMILES string of the molecule is C[C@@H](CO)C1(c2ccccc2)CC1(C)C. The van der Waals surface area contributed by atoms with Crippen LogP contribution in [-0.4, -0.2) is 11.7 Å². The number of aliphatic hydroxyl groups is 1. The molecule has 0 saturated heterocycles. The molecule has 1 N–H and O–H groups in total. The molecule has 1 heteroatoms. The van der Waals surface area contributed by atoms with Crippen molar-refractivity contribution in [3.05, 3.63) is 35.9 Å². The molecule has 1 saturated carbocycles. The lowest BCUT2D eigenvalue weighted by Gasteiger charge is -2.27. The molecule has 0 spiro atoms. The van der Waals surface area contributed by atoms with E-state index >= 15 is 0 Å². The van der Waals surface area contributed by atoms with Gasteiger partial charge < -0.3 is 5.11 Å². The number of aliphatic hydroxyl groups excluding tert-OH is 1. The van der Waals surface area contributed by atoms with Crippen LogP contribution in [-0.2, 0) is 5.41 Å². The predicted octanol–water partition coefficient (Wildman–Crippen LogP) is 2.98. The van der Waals surface area contributed by atoms with Crippen molar-refractivity contribution >= 4 is 0 Å². The molecule has 1 aliphatic rings. The van der Waals surface area contributed by atoms with Crippen molar-refractivity contribution in [3.63, 3.8) is 0 Å². The maximum absolute atomic E-state index is 9.40. The summed E-state index contributed by atoms with van der Waals surface area (Å²) in [5.74, 6) is 0.343. The predicted molar refractivity (Wildman–Crippen MR) is 62.8 cm³/mol. The molecule has 0 heterocycles. The fourth-order valence-corrected chi connectivity index (χ4v) is 3.16. The maximum atomic E-state index is 9.40. The lowest BCUT2D eigenvalue weighted by molar-refractivity contribution is 0.191. The standard InChI is InChI=1S/C14H20O/c1-11(9-15)14(10-13(14,2)3)12-7-5-4-6-8-12/h4-8,11,15H,9-10H2,1-3H3/t11-,14?/m0/s1. The van der Waals surface area contributed by atoms with Gasteiger partial charge in [-0.15, -0.1) is 0 Å². The number of rotatable bonds is 3. The van der Waals surface area contributed by atoms with Gasteiger partial charge in [-0.2, -0.15) is 0 Å². The zero-order valence-corrected chi connectivity index (χ0v) is 9.83. The van der Waals surface area contributed by atoms with Crippen molar-refractivity contribution in [2.24, 2.45) is 11.3 Å². The van der Waals surface area contributed by atoms with E-state index in [0.29, 0.717) is 11.3 Å². The van der Waals surface area contributed by atoms with Crippen molar-refractivity contribution in [3.8, 4) is 0 Å². The lowest BCUT2D eigenvalue weighted by atomic mass is 9.78. The number of hydrogen-bond acceptors (Lipinski definition) is 1. The van der Waals surface area contributed by atoms with Crippen LogP contribution in [0.25, 0.3) is 0 Å². The summed E-state index contributed by atoms with van der Waals surface area (Å²) in [6, 6.07) is 10.6. The molecule has 1 nitrogen and oxygen atoms in total. The maximum Gasteiger partial charge on any atom is 0.0465 e. The van der Waals surface area contributed by atoms with E-state index in [1.807, 2.05) is 0 Å². The van der Waals surface area contributed by atoms with Crippen LogP contribution in [0.2, 0.25) is 0 Å². The monoisotopic (exact) mass is 204 g/mol. The molecule has 1 aliphatic carbocycles. The van der Waals surface area contributed by atoms with Gasteiger partial charge in [-0.05, 0) is 23.3 Å². The highest BCUT2D eigenvalue weighted by Gasteiger charge is 2.64. The molecule has 0 radical (unpaired) electrons. The van der Waals surface area contributed by atoms with Crippen LogP contribution in [0.3, 0.4) is 0 Å². The molecule has 0 amide bonds. The Hall–Kier alpha value is -0.820. The Morgan fingerprint density at radius 3 is 2.20 bits per heavy atom. The van der Waals surface area contributed by atoms with Gasteiger partial charge in [0.2, 0.25) is 0 Å². The van der Waals surface area contributed by atoms with Crippen molar-refractivity contribution < 1.29 is 5.11 Å². The lowest BCUT2D eigenvalue weighted by Crippen LogP contribution is -2.26. The average Bonchev–Trinajstić information content (AvgIpc) is 2.83. The highest BCUT2D eigenvalue weighted by Crippen LogP contribution is 2.67. The molecule has 2 atom stereocenters. The van der Waals surface area contributed by atoms with E-state index in [1.165, 1.54) is 12.0 Å². The Morgan fingerprint density at radius 2 is 1.80 bits per heavy atom. The average molecular weight is 204 g/mol. The van der Waals surface area contributed by atoms with E-state index in [1.54, 1.807) is 0 Å². The van der Waals surface area contributed by atoms with Gasteiger partial charge >= 0.3 is 0 Å². The van der Waals surface area contributed by atoms with E-state index in [0.717, 1.165) is 0 Å². The van der Waals surface area contributed by atoms with Crippen molar-refractivity contribution in [2.75, 3.05) is 6.61 Å². The molecule has 1 aromatic carbocycles. The zero-order chi connectivity index (χ0) is 11.1. The first-order chi connectivity index (χ1) is 7.04. The third-order valence-electron chi connectivity index (χ3n) is 4.21. The van der Waals surface area contributed by atoms with Crippen LogP contribution in [0, 0.1) is 11.3 Å². The highest BCUT2D eigenvalue weighted by atomic mass is 16.3. The summed E-state index contributed by atoms with van der Waals surface area (Å²) in [5, 5.41) is 9.40. The Kier molecular flexibility index (Phi) is 2.38. The zero-order valence-electron chi connectivity index (χ0n) is 9.83. The van der Waals surface area contributed by atoms with Gasteiger partial charge in [0.25, 0.3) is 0 Å². The van der Waals surface area contributed by atoms with Crippen molar-refractivity contribution in [1.29, 1.82) is 0 Å². The van der Waals surface area contributed by atoms with E-state index in [-0.39, 0.29) is 12.0 Å². The summed E-state index contributed by atoms with van der Waals surface area (Å²) < 4.78 is 0. The molecule has 82 valence electrons. The molecule has 0 aromatic heterocycles. The third-order valence-corrected chi connectivity index (χ3v) is 4.21. The normalized spacial score (nSPS) is 29.9. The topological polar surface area (TPSA) is 20.2 Å². The number of benzene rings is 1. The van der Waals surface area contributed by atoms with Gasteiger partial charge in [0, 0.05) is 12.0 Å². The van der Waals surface area contributed by atoms with Crippen LogP contribution in [0.4, 0.5) is 0 Å². The molecule has 1 unspecified atom stereocenters. The molecule has 0 aliphatic heterocycles. The largest absolute Gasteiger partial charge is 0.396 e. The first-order valence-electron chi connectivity index (χ1n) is 5.71. The van der Waals surface area contributed by atoms with Crippen molar-refractivity contribution in [1.82, 2.24) is 0 Å². The molecular formula is C14H20O. The fraction of sp³-hybridized carbons (Fsp3) is 0.571. The fourth-order valence-electron chi connectivity index (χ4n) is 3.16. The van der Waals surface area contributed by atoms with Crippen LogP contribution in [0.15, 0.2) is 30.3 Å². The van der Waals surface area contributed by atoms with Gasteiger partial charge in [0.15, 0.2) is 0 Å². The second-order valence-corrected chi connectivity index (χ2v) is 5.48. The molecule has 1 aromatic rings. The summed E-state index contributed by atoms with van der Waals surface area (Å²) in [4.78, 5) is 0. The second-order valence-electron chi connectivity index (χ2n) is 5.48. The van der Waals surface area contributed by atoms with Crippen molar-refractivity contribution in [2.45, 2.75) is 32.6 Å². The van der Waals surface area contributed by atoms with Gasteiger partial charge in [-0.1, -0.05) is 51.1 Å². The second kappa shape index (κ2) is 3.34. The molecule has 2 rings (SSSR count). The summed E-state index contributed by atoms with van der Waals surface area (Å²) in [5.41, 5.74) is 1.91. The van der Waals surface area contributed by atoms with E-state index in [2.05, 4.69) is 51.1 Å². The van der Waals surface area contributed by atoms with E-state index in [4.69, 9.17) is 0 Å². The van der Waals surface area contributed by atoms with Crippen LogP contribution >= 0.6 is 0 Å². The first-order valence-corrected chi connectivity index (χ1v) is 5.71. The Bertz CT molecular complexity index is 342. The van der Waals surface area contributed by atoms with Gasteiger partial charge in [0.05, 0.1) is 0 Å².